The number of aromatic nitrogens is 4. The summed E-state index contributed by atoms with van der Waals surface area (Å²) >= 11 is 0. The van der Waals surface area contributed by atoms with Gasteiger partial charge in [-0.25, -0.2) is 9.97 Å². The molecule has 7 rings (SSSR count). The monoisotopic (exact) mass is 538 g/mol. The predicted molar refractivity (Wildman–Crippen MR) is 166 cm³/mol. The molecule has 0 spiro atoms. The lowest BCUT2D eigenvalue weighted by atomic mass is 9.92. The number of benzene rings is 4. The predicted octanol–water partition coefficient (Wildman–Crippen LogP) is 8.59. The first-order valence-electron chi connectivity index (χ1n) is 14.0. The normalized spacial score (nSPS) is 12.0. The van der Waals surface area contributed by atoms with Gasteiger partial charge in [-0.1, -0.05) is 94.4 Å². The summed E-state index contributed by atoms with van der Waals surface area (Å²) in [6.07, 6.45) is 3.73. The molecule has 1 N–H and O–H groups in total. The smallest absolute Gasteiger partial charge is 0.191 e. The average Bonchev–Trinajstić information content (AvgIpc) is 3.58. The Morgan fingerprint density at radius 1 is 0.805 bits per heavy atom. The summed E-state index contributed by atoms with van der Waals surface area (Å²) in [4.78, 5) is 26.0. The van der Waals surface area contributed by atoms with Crippen molar-refractivity contribution >= 4 is 32.8 Å². The molecule has 0 saturated carbocycles. The number of furan rings is 1. The van der Waals surface area contributed by atoms with Gasteiger partial charge in [-0.2, -0.15) is 0 Å². The van der Waals surface area contributed by atoms with E-state index in [4.69, 9.17) is 14.4 Å². The molecule has 0 saturated heterocycles. The molecule has 7 aromatic rings. The van der Waals surface area contributed by atoms with E-state index in [0.717, 1.165) is 27.8 Å². The number of rotatable bonds is 5. The number of aromatic amines is 1. The first-order valence-corrected chi connectivity index (χ1v) is 14.0. The zero-order chi connectivity index (χ0) is 28.2. The van der Waals surface area contributed by atoms with Crippen molar-refractivity contribution in [3.63, 3.8) is 0 Å². The van der Waals surface area contributed by atoms with Crippen LogP contribution in [-0.2, 0) is 0 Å². The number of H-pyrrole nitrogens is 1. The molecule has 6 heteroatoms. The van der Waals surface area contributed by atoms with E-state index in [9.17, 15) is 4.79 Å². The fraction of sp³-hybridized carbons (Fsp3) is 0.171. The quantitative estimate of drug-likeness (QED) is 0.238. The van der Waals surface area contributed by atoms with Crippen molar-refractivity contribution in [2.24, 2.45) is 0 Å². The zero-order valence-electron chi connectivity index (χ0n) is 23.5. The maximum Gasteiger partial charge on any atom is 0.191 e. The van der Waals surface area contributed by atoms with Crippen LogP contribution in [0.15, 0.2) is 100 Å². The van der Waals surface area contributed by atoms with Gasteiger partial charge < -0.3 is 9.40 Å². The maximum absolute atomic E-state index is 12.7. The molecule has 0 fully saturated rings. The SMILES string of the molecule is CC(C)c1cccc(C(C)C)c1-n1cc(-c2ncc3oc4cccc(=O)c4c3[nH]2)nc1-c1cccc2ccccc12. The molecule has 0 radical (unpaired) electrons. The van der Waals surface area contributed by atoms with Crippen molar-refractivity contribution in [2.75, 3.05) is 0 Å². The molecule has 0 atom stereocenters. The Morgan fingerprint density at radius 3 is 2.29 bits per heavy atom. The molecule has 0 bridgehead atoms. The second-order valence-corrected chi connectivity index (χ2v) is 11.1. The Labute approximate surface area is 237 Å². The van der Waals surface area contributed by atoms with Gasteiger partial charge in [0.05, 0.1) is 22.8 Å². The Balaban J connectivity index is 1.55. The fourth-order valence-corrected chi connectivity index (χ4v) is 5.82. The third-order valence-corrected chi connectivity index (χ3v) is 7.82. The zero-order valence-corrected chi connectivity index (χ0v) is 23.5. The third-order valence-electron chi connectivity index (χ3n) is 7.82. The number of nitrogens with zero attached hydrogens (tertiary/aromatic N) is 3. The van der Waals surface area contributed by atoms with Gasteiger partial charge in [0, 0.05) is 11.8 Å². The fourth-order valence-electron chi connectivity index (χ4n) is 5.82. The minimum absolute atomic E-state index is 0.0935. The molecular formula is C35H30N4O2. The van der Waals surface area contributed by atoms with E-state index >= 15 is 0 Å². The van der Waals surface area contributed by atoms with E-state index in [0.29, 0.717) is 45.4 Å². The molecule has 202 valence electrons. The van der Waals surface area contributed by atoms with E-state index in [2.05, 4.69) is 104 Å². The molecule has 0 aliphatic carbocycles. The van der Waals surface area contributed by atoms with Gasteiger partial charge in [0.25, 0.3) is 0 Å². The Morgan fingerprint density at radius 2 is 1.51 bits per heavy atom. The van der Waals surface area contributed by atoms with Crippen molar-refractivity contribution in [1.29, 1.82) is 0 Å². The molecule has 0 aliphatic heterocycles. The van der Waals surface area contributed by atoms with Crippen LogP contribution in [0.5, 0.6) is 0 Å². The van der Waals surface area contributed by atoms with Crippen LogP contribution >= 0.6 is 0 Å². The van der Waals surface area contributed by atoms with Gasteiger partial charge in [-0.3, -0.25) is 9.36 Å². The highest BCUT2D eigenvalue weighted by molar-refractivity contribution is 6.02. The molecule has 4 aromatic carbocycles. The maximum atomic E-state index is 12.7. The summed E-state index contributed by atoms with van der Waals surface area (Å²) in [6, 6.07) is 26.4. The summed E-state index contributed by atoms with van der Waals surface area (Å²) in [7, 11) is 0. The van der Waals surface area contributed by atoms with Gasteiger partial charge in [0.15, 0.2) is 16.8 Å². The van der Waals surface area contributed by atoms with E-state index in [-0.39, 0.29) is 5.43 Å². The number of hydrogen-bond acceptors (Lipinski definition) is 4. The molecule has 0 unspecified atom stereocenters. The highest BCUT2D eigenvalue weighted by Gasteiger charge is 2.23. The molecule has 41 heavy (non-hydrogen) atoms. The summed E-state index contributed by atoms with van der Waals surface area (Å²) in [6.45, 7) is 8.91. The van der Waals surface area contributed by atoms with Crippen molar-refractivity contribution < 1.29 is 4.42 Å². The largest absolute Gasteiger partial charge is 0.453 e. The number of nitrogens with one attached hydrogen (secondary N) is 1. The molecule has 0 amide bonds. The molecule has 3 aromatic heterocycles. The van der Waals surface area contributed by atoms with E-state index in [1.54, 1.807) is 24.4 Å². The second-order valence-electron chi connectivity index (χ2n) is 11.1. The summed E-state index contributed by atoms with van der Waals surface area (Å²) < 4.78 is 8.13. The first kappa shape index (κ1) is 25.0. The standard InChI is InChI=1S/C35H30N4O2/c1-20(2)23-13-8-14-24(21(3)4)33(23)39-19-27(37-35(39)26-15-7-11-22-10-5-6-12-25(22)26)34-36-18-30-32(38-34)31-28(40)16-9-17-29(31)41-30/h5-21H,1-4H3,(H,36,38). The van der Waals surface area contributed by atoms with E-state index < -0.39 is 0 Å². The van der Waals surface area contributed by atoms with Gasteiger partial charge in [-0.15, -0.1) is 0 Å². The lowest BCUT2D eigenvalue weighted by molar-refractivity contribution is 0.665. The van der Waals surface area contributed by atoms with Crippen molar-refractivity contribution in [3.05, 3.63) is 113 Å². The number of hydrogen-bond donors (Lipinski definition) is 1. The second kappa shape index (κ2) is 9.59. The van der Waals surface area contributed by atoms with E-state index in [1.807, 2.05) is 0 Å². The van der Waals surface area contributed by atoms with Crippen LogP contribution in [0.3, 0.4) is 0 Å². The minimum atomic E-state index is -0.0935. The van der Waals surface area contributed by atoms with Crippen molar-refractivity contribution in [2.45, 2.75) is 39.5 Å². The molecule has 0 aliphatic rings. The molecule has 6 nitrogen and oxygen atoms in total. The third kappa shape index (κ3) is 4.06. The average molecular weight is 539 g/mol. The van der Waals surface area contributed by atoms with Crippen LogP contribution < -0.4 is 5.43 Å². The van der Waals surface area contributed by atoms with Crippen molar-refractivity contribution in [3.8, 4) is 28.6 Å². The first-order chi connectivity index (χ1) is 19.9. The minimum Gasteiger partial charge on any atom is -0.453 e. The van der Waals surface area contributed by atoms with Crippen LogP contribution in [0.1, 0.15) is 50.7 Å². The number of para-hydroxylation sites is 1. The number of imidazole rings is 1. The van der Waals surface area contributed by atoms with Crippen LogP contribution in [-0.4, -0.2) is 19.5 Å². The Hall–Kier alpha value is -4.97. The summed E-state index contributed by atoms with van der Waals surface area (Å²) in [5.74, 6) is 2.02. The molecular weight excluding hydrogens is 508 g/mol. The number of fused-ring (bicyclic) bond motifs is 4. The summed E-state index contributed by atoms with van der Waals surface area (Å²) in [5, 5.41) is 2.80. The van der Waals surface area contributed by atoms with Gasteiger partial charge in [0.1, 0.15) is 17.1 Å². The van der Waals surface area contributed by atoms with Crippen LogP contribution in [0, 0.1) is 0 Å². The van der Waals surface area contributed by atoms with Crippen LogP contribution in [0.2, 0.25) is 0 Å². The highest BCUT2D eigenvalue weighted by Crippen LogP contribution is 2.38. The van der Waals surface area contributed by atoms with Crippen LogP contribution in [0.4, 0.5) is 0 Å². The highest BCUT2D eigenvalue weighted by atomic mass is 16.3. The topological polar surface area (TPSA) is 76.7 Å². The Kier molecular flexibility index (Phi) is 5.86. The molecule has 3 heterocycles. The Bertz CT molecular complexity index is 2110. The van der Waals surface area contributed by atoms with Crippen LogP contribution in [0.25, 0.3) is 61.4 Å². The van der Waals surface area contributed by atoms with E-state index in [1.165, 1.54) is 11.1 Å². The van der Waals surface area contributed by atoms with Gasteiger partial charge in [-0.05, 0) is 45.9 Å². The lowest BCUT2D eigenvalue weighted by Crippen LogP contribution is -2.08. The van der Waals surface area contributed by atoms with Gasteiger partial charge >= 0.3 is 0 Å². The van der Waals surface area contributed by atoms with Gasteiger partial charge in [0.2, 0.25) is 0 Å². The summed E-state index contributed by atoms with van der Waals surface area (Å²) in [5.41, 5.74) is 6.99. The lowest BCUT2D eigenvalue weighted by Gasteiger charge is -2.22. The van der Waals surface area contributed by atoms with Crippen molar-refractivity contribution in [1.82, 2.24) is 19.5 Å².